The zero-order chi connectivity index (χ0) is 16.2. The molecule has 0 aromatic heterocycles. The van der Waals surface area contributed by atoms with Crippen molar-refractivity contribution < 1.29 is 19.1 Å². The topological polar surface area (TPSA) is 57.1 Å². The fourth-order valence-electron chi connectivity index (χ4n) is 2.62. The van der Waals surface area contributed by atoms with E-state index in [4.69, 9.17) is 14.3 Å². The first kappa shape index (κ1) is 15.1. The molecule has 0 aliphatic carbocycles. The van der Waals surface area contributed by atoms with Crippen LogP contribution in [0.15, 0.2) is 47.6 Å². The summed E-state index contributed by atoms with van der Waals surface area (Å²) in [5.41, 5.74) is 2.58. The van der Waals surface area contributed by atoms with Gasteiger partial charge in [0.2, 0.25) is 0 Å². The van der Waals surface area contributed by atoms with Gasteiger partial charge in [0.15, 0.2) is 5.78 Å². The third-order valence-electron chi connectivity index (χ3n) is 3.71. The summed E-state index contributed by atoms with van der Waals surface area (Å²) in [5, 5.41) is 4.05. The van der Waals surface area contributed by atoms with Gasteiger partial charge in [-0.3, -0.25) is 4.79 Å². The fraction of sp³-hybridized carbons (Fsp3) is 0.222. The Hall–Kier alpha value is -2.82. The first-order chi connectivity index (χ1) is 11.2. The molecule has 0 radical (unpaired) electrons. The van der Waals surface area contributed by atoms with Crippen molar-refractivity contribution in [3.05, 3.63) is 59.2 Å². The first-order valence-corrected chi connectivity index (χ1v) is 7.29. The van der Waals surface area contributed by atoms with Gasteiger partial charge in [0, 0.05) is 17.5 Å². The molecule has 0 saturated heterocycles. The van der Waals surface area contributed by atoms with E-state index < -0.39 is 0 Å². The smallest absolute Gasteiger partial charge is 0.193 e. The van der Waals surface area contributed by atoms with Gasteiger partial charge < -0.3 is 14.3 Å². The number of ketones is 1. The number of fused-ring (bicyclic) bond motifs is 1. The van der Waals surface area contributed by atoms with Crippen LogP contribution in [0.5, 0.6) is 11.5 Å². The second kappa shape index (κ2) is 6.52. The van der Waals surface area contributed by atoms with Gasteiger partial charge in [-0.05, 0) is 30.3 Å². The minimum Gasteiger partial charge on any atom is -0.497 e. The van der Waals surface area contributed by atoms with Crippen LogP contribution in [-0.4, -0.2) is 32.3 Å². The standard InChI is InChI=1S/C18H17NO4/c1-21-13-8-6-12(7-9-13)18(20)14-4-3-5-16-17(14)15(19-22-2)10-11-23-16/h3-9H,10-11H2,1-2H3/b19-15+. The Kier molecular flexibility index (Phi) is 4.28. The number of nitrogens with zero attached hydrogens (tertiary/aromatic N) is 1. The van der Waals surface area contributed by atoms with Crippen molar-refractivity contribution in [2.75, 3.05) is 20.8 Å². The summed E-state index contributed by atoms with van der Waals surface area (Å²) in [5.74, 6) is 1.28. The lowest BCUT2D eigenvalue weighted by Crippen LogP contribution is -2.20. The van der Waals surface area contributed by atoms with E-state index in [0.29, 0.717) is 41.2 Å². The molecule has 1 aliphatic rings. The Morgan fingerprint density at radius 2 is 1.91 bits per heavy atom. The molecule has 23 heavy (non-hydrogen) atoms. The maximum Gasteiger partial charge on any atom is 0.193 e. The molecule has 2 aromatic carbocycles. The highest BCUT2D eigenvalue weighted by molar-refractivity contribution is 6.18. The molecule has 5 nitrogen and oxygen atoms in total. The van der Waals surface area contributed by atoms with Crippen molar-refractivity contribution in [1.29, 1.82) is 0 Å². The summed E-state index contributed by atoms with van der Waals surface area (Å²) in [6, 6.07) is 12.5. The Balaban J connectivity index is 2.05. The Morgan fingerprint density at radius 3 is 2.61 bits per heavy atom. The van der Waals surface area contributed by atoms with Gasteiger partial charge in [-0.25, -0.2) is 0 Å². The molecule has 1 heterocycles. The molecular weight excluding hydrogens is 294 g/mol. The summed E-state index contributed by atoms with van der Waals surface area (Å²) in [6.45, 7) is 0.523. The molecule has 0 fully saturated rings. The van der Waals surface area contributed by atoms with Crippen LogP contribution in [0.25, 0.3) is 0 Å². The van der Waals surface area contributed by atoms with Crippen molar-refractivity contribution in [3.63, 3.8) is 0 Å². The normalized spacial score (nSPS) is 14.8. The summed E-state index contributed by atoms with van der Waals surface area (Å²) in [4.78, 5) is 17.8. The molecule has 0 atom stereocenters. The molecule has 1 aliphatic heterocycles. The first-order valence-electron chi connectivity index (χ1n) is 7.29. The molecule has 3 rings (SSSR count). The minimum absolute atomic E-state index is 0.0844. The van der Waals surface area contributed by atoms with E-state index >= 15 is 0 Å². The van der Waals surface area contributed by atoms with Crippen LogP contribution in [0.4, 0.5) is 0 Å². The number of ether oxygens (including phenoxy) is 2. The van der Waals surface area contributed by atoms with Crippen molar-refractivity contribution in [1.82, 2.24) is 0 Å². The predicted molar refractivity (Wildman–Crippen MR) is 86.5 cm³/mol. The third kappa shape index (κ3) is 2.90. The monoisotopic (exact) mass is 311 g/mol. The van der Waals surface area contributed by atoms with Gasteiger partial charge in [0.25, 0.3) is 0 Å². The van der Waals surface area contributed by atoms with Crippen molar-refractivity contribution >= 4 is 11.5 Å². The average molecular weight is 311 g/mol. The van der Waals surface area contributed by atoms with Crippen LogP contribution in [0, 0.1) is 0 Å². The summed E-state index contributed by atoms with van der Waals surface area (Å²) in [6.07, 6.45) is 0.605. The van der Waals surface area contributed by atoms with E-state index in [-0.39, 0.29) is 5.78 Å². The molecule has 118 valence electrons. The number of hydrogen-bond donors (Lipinski definition) is 0. The van der Waals surface area contributed by atoms with Crippen LogP contribution < -0.4 is 9.47 Å². The number of methoxy groups -OCH3 is 1. The number of rotatable bonds is 4. The van der Waals surface area contributed by atoms with Crippen LogP contribution in [0.2, 0.25) is 0 Å². The quantitative estimate of drug-likeness (QED) is 0.643. The van der Waals surface area contributed by atoms with Crippen molar-refractivity contribution in [2.45, 2.75) is 6.42 Å². The molecule has 0 spiro atoms. The number of carbonyl (C=O) groups excluding carboxylic acids is 1. The van der Waals surface area contributed by atoms with E-state index in [0.717, 1.165) is 5.71 Å². The van der Waals surface area contributed by atoms with E-state index in [1.165, 1.54) is 7.11 Å². The lowest BCUT2D eigenvalue weighted by molar-refractivity contribution is 0.103. The molecular formula is C18H17NO4. The second-order valence-corrected chi connectivity index (χ2v) is 5.06. The van der Waals surface area contributed by atoms with E-state index in [2.05, 4.69) is 5.16 Å². The number of carbonyl (C=O) groups is 1. The summed E-state index contributed by atoms with van der Waals surface area (Å²) < 4.78 is 10.8. The van der Waals surface area contributed by atoms with Gasteiger partial charge in [-0.2, -0.15) is 0 Å². The van der Waals surface area contributed by atoms with Gasteiger partial charge >= 0.3 is 0 Å². The van der Waals surface area contributed by atoms with E-state index in [9.17, 15) is 4.79 Å². The second-order valence-electron chi connectivity index (χ2n) is 5.06. The minimum atomic E-state index is -0.0844. The van der Waals surface area contributed by atoms with Crippen LogP contribution in [-0.2, 0) is 4.84 Å². The molecule has 2 aromatic rings. The highest BCUT2D eigenvalue weighted by atomic mass is 16.6. The predicted octanol–water partition coefficient (Wildman–Crippen LogP) is 3.06. The highest BCUT2D eigenvalue weighted by Crippen LogP contribution is 2.30. The molecule has 0 N–H and O–H groups in total. The number of benzene rings is 2. The SMILES string of the molecule is CO/N=C1\CCOc2cccc(C(=O)c3ccc(OC)cc3)c21. The van der Waals surface area contributed by atoms with Crippen molar-refractivity contribution in [2.24, 2.45) is 5.16 Å². The fourth-order valence-corrected chi connectivity index (χ4v) is 2.62. The summed E-state index contributed by atoms with van der Waals surface area (Å²) >= 11 is 0. The Labute approximate surface area is 134 Å². The zero-order valence-corrected chi connectivity index (χ0v) is 13.0. The molecule has 0 saturated carbocycles. The van der Waals surface area contributed by atoms with Crippen LogP contribution in [0.1, 0.15) is 27.9 Å². The lowest BCUT2D eigenvalue weighted by atomic mass is 9.92. The lowest BCUT2D eigenvalue weighted by Gasteiger charge is -2.21. The van der Waals surface area contributed by atoms with E-state index in [1.54, 1.807) is 37.4 Å². The van der Waals surface area contributed by atoms with Gasteiger partial charge in [-0.1, -0.05) is 17.3 Å². The van der Waals surface area contributed by atoms with Crippen LogP contribution >= 0.6 is 0 Å². The average Bonchev–Trinajstić information content (AvgIpc) is 2.61. The maximum atomic E-state index is 12.9. The summed E-state index contributed by atoms with van der Waals surface area (Å²) in [7, 11) is 3.09. The third-order valence-corrected chi connectivity index (χ3v) is 3.71. The number of oxime groups is 1. The highest BCUT2D eigenvalue weighted by Gasteiger charge is 2.25. The number of hydrogen-bond acceptors (Lipinski definition) is 5. The Morgan fingerprint density at radius 1 is 1.13 bits per heavy atom. The largest absolute Gasteiger partial charge is 0.497 e. The Bertz CT molecular complexity index is 750. The van der Waals surface area contributed by atoms with Crippen molar-refractivity contribution in [3.8, 4) is 11.5 Å². The van der Waals surface area contributed by atoms with Gasteiger partial charge in [0.1, 0.15) is 18.6 Å². The van der Waals surface area contributed by atoms with Crippen LogP contribution in [0.3, 0.4) is 0 Å². The zero-order valence-electron chi connectivity index (χ0n) is 13.0. The molecule has 5 heteroatoms. The van der Waals surface area contributed by atoms with Gasteiger partial charge in [-0.15, -0.1) is 0 Å². The van der Waals surface area contributed by atoms with E-state index in [1.807, 2.05) is 12.1 Å². The molecule has 0 unspecified atom stereocenters. The molecule has 0 amide bonds. The maximum absolute atomic E-state index is 12.9. The molecule has 0 bridgehead atoms. The van der Waals surface area contributed by atoms with Gasteiger partial charge in [0.05, 0.1) is 25.0 Å².